The number of hydrogen-bond acceptors (Lipinski definition) is 4. The molecule has 1 rings (SSSR count). The highest BCUT2D eigenvalue weighted by molar-refractivity contribution is 7.52. The van der Waals surface area contributed by atoms with Crippen molar-refractivity contribution in [3.8, 4) is 5.75 Å². The monoisotopic (exact) mass is 216 g/mol. The van der Waals surface area contributed by atoms with E-state index in [1.165, 1.54) is 20.3 Å². The minimum atomic E-state index is -3.09. The van der Waals surface area contributed by atoms with Gasteiger partial charge in [0.05, 0.1) is 6.16 Å². The van der Waals surface area contributed by atoms with Crippen molar-refractivity contribution in [2.24, 2.45) is 0 Å². The first-order valence-electron chi connectivity index (χ1n) is 4.08. The molecule has 78 valence electrons. The Balaban J connectivity index is 2.88. The van der Waals surface area contributed by atoms with E-state index in [0.717, 1.165) is 0 Å². The molecule has 0 spiro atoms. The predicted octanol–water partition coefficient (Wildman–Crippen LogP) is 2.38. The summed E-state index contributed by atoms with van der Waals surface area (Å²) in [4.78, 5) is 0. The zero-order chi connectivity index (χ0) is 10.6. The third-order valence-electron chi connectivity index (χ3n) is 1.91. The van der Waals surface area contributed by atoms with Crippen LogP contribution in [0.25, 0.3) is 0 Å². The standard InChI is InChI=1S/C9H13O4P/c1-12-14(11,13-2)7-8-5-3-4-6-9(8)10/h3-6,10H,7H2,1-2H3. The van der Waals surface area contributed by atoms with Crippen LogP contribution in [0, 0.1) is 0 Å². The van der Waals surface area contributed by atoms with Gasteiger partial charge in [0.25, 0.3) is 0 Å². The van der Waals surface area contributed by atoms with Crippen LogP contribution in [0.4, 0.5) is 0 Å². The van der Waals surface area contributed by atoms with Crippen molar-refractivity contribution in [1.82, 2.24) is 0 Å². The second kappa shape index (κ2) is 4.60. The SMILES string of the molecule is COP(=O)(Cc1ccccc1O)OC. The summed E-state index contributed by atoms with van der Waals surface area (Å²) in [7, 11) is -0.443. The molecule has 0 aliphatic heterocycles. The first-order valence-corrected chi connectivity index (χ1v) is 5.81. The van der Waals surface area contributed by atoms with Crippen molar-refractivity contribution in [2.75, 3.05) is 14.2 Å². The average molecular weight is 216 g/mol. The maximum Gasteiger partial charge on any atom is 0.334 e. The largest absolute Gasteiger partial charge is 0.508 e. The van der Waals surface area contributed by atoms with E-state index in [4.69, 9.17) is 9.05 Å². The summed E-state index contributed by atoms with van der Waals surface area (Å²) in [5, 5.41) is 9.43. The van der Waals surface area contributed by atoms with E-state index in [-0.39, 0.29) is 11.9 Å². The molecular weight excluding hydrogens is 203 g/mol. The number of phenols is 1. The number of hydrogen-bond donors (Lipinski definition) is 1. The number of rotatable bonds is 4. The van der Waals surface area contributed by atoms with E-state index < -0.39 is 7.60 Å². The van der Waals surface area contributed by atoms with Crippen molar-refractivity contribution in [3.63, 3.8) is 0 Å². The number of phenolic OH excluding ortho intramolecular Hbond substituents is 1. The summed E-state index contributed by atoms with van der Waals surface area (Å²) < 4.78 is 21.3. The molecule has 4 nitrogen and oxygen atoms in total. The van der Waals surface area contributed by atoms with Crippen molar-refractivity contribution < 1.29 is 18.7 Å². The molecule has 0 radical (unpaired) electrons. The van der Waals surface area contributed by atoms with Gasteiger partial charge >= 0.3 is 7.60 Å². The molecule has 5 heteroatoms. The molecule has 0 unspecified atom stereocenters. The molecule has 0 heterocycles. The van der Waals surface area contributed by atoms with Crippen molar-refractivity contribution in [3.05, 3.63) is 29.8 Å². The number of benzene rings is 1. The van der Waals surface area contributed by atoms with E-state index in [9.17, 15) is 9.67 Å². The Hall–Kier alpha value is -0.830. The fourth-order valence-electron chi connectivity index (χ4n) is 1.06. The second-order valence-electron chi connectivity index (χ2n) is 2.76. The molecule has 0 amide bonds. The van der Waals surface area contributed by atoms with Crippen LogP contribution in [-0.2, 0) is 19.8 Å². The minimum absolute atomic E-state index is 0.0761. The van der Waals surface area contributed by atoms with E-state index in [1.807, 2.05) is 0 Å². The van der Waals surface area contributed by atoms with E-state index in [0.29, 0.717) is 5.56 Å². The Kier molecular flexibility index (Phi) is 3.69. The normalized spacial score (nSPS) is 11.6. The predicted molar refractivity (Wildman–Crippen MR) is 53.4 cm³/mol. The van der Waals surface area contributed by atoms with Gasteiger partial charge in [-0.05, 0) is 6.07 Å². The van der Waals surface area contributed by atoms with Crippen LogP contribution in [0.5, 0.6) is 5.75 Å². The summed E-state index contributed by atoms with van der Waals surface area (Å²) in [6.45, 7) is 0. The molecule has 0 aromatic heterocycles. The van der Waals surface area contributed by atoms with Crippen LogP contribution in [0.1, 0.15) is 5.56 Å². The van der Waals surface area contributed by atoms with Gasteiger partial charge in [0, 0.05) is 19.8 Å². The molecule has 1 N–H and O–H groups in total. The van der Waals surface area contributed by atoms with Crippen LogP contribution >= 0.6 is 7.60 Å². The molecule has 0 fully saturated rings. The van der Waals surface area contributed by atoms with Gasteiger partial charge in [-0.25, -0.2) is 0 Å². The fraction of sp³-hybridized carbons (Fsp3) is 0.333. The van der Waals surface area contributed by atoms with Gasteiger partial charge in [0.2, 0.25) is 0 Å². The lowest BCUT2D eigenvalue weighted by Crippen LogP contribution is -1.93. The van der Waals surface area contributed by atoms with Gasteiger partial charge < -0.3 is 14.2 Å². The lowest BCUT2D eigenvalue weighted by Gasteiger charge is -2.13. The van der Waals surface area contributed by atoms with Gasteiger partial charge in [-0.2, -0.15) is 0 Å². The molecular formula is C9H13O4P. The fourth-order valence-corrected chi connectivity index (χ4v) is 2.15. The summed E-state index contributed by atoms with van der Waals surface area (Å²) in [6.07, 6.45) is 0.0761. The Morgan fingerprint density at radius 1 is 1.29 bits per heavy atom. The lowest BCUT2D eigenvalue weighted by molar-refractivity contribution is 0.274. The molecule has 1 aromatic rings. The van der Waals surface area contributed by atoms with Crippen LogP contribution in [0.15, 0.2) is 24.3 Å². The first-order chi connectivity index (χ1) is 6.61. The van der Waals surface area contributed by atoms with Crippen molar-refractivity contribution >= 4 is 7.60 Å². The van der Waals surface area contributed by atoms with Crippen LogP contribution < -0.4 is 0 Å². The lowest BCUT2D eigenvalue weighted by atomic mass is 10.2. The quantitative estimate of drug-likeness (QED) is 0.785. The van der Waals surface area contributed by atoms with Gasteiger partial charge in [0.15, 0.2) is 0 Å². The van der Waals surface area contributed by atoms with Crippen molar-refractivity contribution in [1.29, 1.82) is 0 Å². The summed E-state index contributed by atoms with van der Waals surface area (Å²) >= 11 is 0. The van der Waals surface area contributed by atoms with Crippen molar-refractivity contribution in [2.45, 2.75) is 6.16 Å². The van der Waals surface area contributed by atoms with Crippen LogP contribution in [0.2, 0.25) is 0 Å². The van der Waals surface area contributed by atoms with Crippen LogP contribution in [0.3, 0.4) is 0 Å². The molecule has 14 heavy (non-hydrogen) atoms. The van der Waals surface area contributed by atoms with Gasteiger partial charge in [-0.3, -0.25) is 4.57 Å². The van der Waals surface area contributed by atoms with E-state index >= 15 is 0 Å². The smallest absolute Gasteiger partial charge is 0.334 e. The number of aromatic hydroxyl groups is 1. The molecule has 0 saturated carbocycles. The second-order valence-corrected chi connectivity index (χ2v) is 5.03. The van der Waals surface area contributed by atoms with E-state index in [1.54, 1.807) is 18.2 Å². The zero-order valence-corrected chi connectivity index (χ0v) is 9.03. The van der Waals surface area contributed by atoms with E-state index in [2.05, 4.69) is 0 Å². The van der Waals surface area contributed by atoms with Gasteiger partial charge in [0.1, 0.15) is 5.75 Å². The van der Waals surface area contributed by atoms with Gasteiger partial charge in [-0.1, -0.05) is 18.2 Å². The average Bonchev–Trinajstić information content (AvgIpc) is 2.21. The summed E-state index contributed by atoms with van der Waals surface area (Å²) in [6, 6.07) is 6.67. The highest BCUT2D eigenvalue weighted by Gasteiger charge is 2.22. The molecule has 0 saturated heterocycles. The highest BCUT2D eigenvalue weighted by Crippen LogP contribution is 2.50. The first kappa shape index (κ1) is 11.2. The molecule has 0 bridgehead atoms. The Bertz CT molecular complexity index is 342. The Morgan fingerprint density at radius 3 is 2.36 bits per heavy atom. The third kappa shape index (κ3) is 2.58. The Labute approximate surface area is 83.0 Å². The summed E-state index contributed by atoms with van der Waals surface area (Å²) in [5.74, 6) is 0.0989. The Morgan fingerprint density at radius 2 is 1.86 bits per heavy atom. The zero-order valence-electron chi connectivity index (χ0n) is 8.14. The summed E-state index contributed by atoms with van der Waals surface area (Å²) in [5.41, 5.74) is 0.555. The highest BCUT2D eigenvalue weighted by atomic mass is 31.2. The molecule has 0 aliphatic carbocycles. The maximum absolute atomic E-state index is 11.7. The molecule has 0 atom stereocenters. The molecule has 1 aromatic carbocycles. The maximum atomic E-state index is 11.7. The van der Waals surface area contributed by atoms with Gasteiger partial charge in [-0.15, -0.1) is 0 Å². The number of para-hydroxylation sites is 1. The molecule has 0 aliphatic rings. The minimum Gasteiger partial charge on any atom is -0.508 e. The topological polar surface area (TPSA) is 55.8 Å². The van der Waals surface area contributed by atoms with Crippen LogP contribution in [-0.4, -0.2) is 19.3 Å². The third-order valence-corrected chi connectivity index (χ3v) is 3.75.